The summed E-state index contributed by atoms with van der Waals surface area (Å²) < 4.78 is 15.5. The van der Waals surface area contributed by atoms with E-state index in [0.717, 1.165) is 0 Å². The van der Waals surface area contributed by atoms with E-state index in [1.165, 1.54) is 31.2 Å². The quantitative estimate of drug-likeness (QED) is 0.510. The van der Waals surface area contributed by atoms with Crippen molar-refractivity contribution in [3.05, 3.63) is 41.3 Å². The molecule has 0 aliphatic heterocycles. The third-order valence-electron chi connectivity index (χ3n) is 2.47. The average Bonchev–Trinajstić information content (AvgIpc) is 2.35. The number of amides is 1. The van der Waals surface area contributed by atoms with Gasteiger partial charge in [-0.05, 0) is 25.1 Å². The molecule has 18 heavy (non-hydrogen) atoms. The highest BCUT2D eigenvalue weighted by Crippen LogP contribution is 2.20. The second-order valence-corrected chi connectivity index (χ2v) is 4.24. The van der Waals surface area contributed by atoms with E-state index in [4.69, 9.17) is 0 Å². The van der Waals surface area contributed by atoms with E-state index < -0.39 is 11.7 Å². The van der Waals surface area contributed by atoms with Crippen molar-refractivity contribution in [1.29, 1.82) is 0 Å². The largest absolute Gasteiger partial charge is 0.294 e. The molecule has 0 aliphatic rings. The lowest BCUT2D eigenvalue weighted by atomic mass is 10.0. The Morgan fingerprint density at radius 1 is 1.33 bits per heavy atom. The van der Waals surface area contributed by atoms with E-state index in [1.54, 1.807) is 22.9 Å². The average molecular weight is 358 g/mol. The summed E-state index contributed by atoms with van der Waals surface area (Å²) in [6.07, 6.45) is 0. The minimum absolute atomic E-state index is 0.0905. The highest BCUT2D eigenvalue weighted by Gasteiger charge is 2.14. The fraction of sp³-hybridized carbons (Fsp3) is 0.0833. The molecular weight excluding hydrogens is 350 g/mol. The van der Waals surface area contributed by atoms with Gasteiger partial charge in [0.15, 0.2) is 5.78 Å². The second kappa shape index (κ2) is 4.97. The lowest BCUT2D eigenvalue weighted by Gasteiger charge is -2.06. The number of hydrogen-bond donors (Lipinski definition) is 1. The zero-order valence-corrected chi connectivity index (χ0v) is 11.5. The van der Waals surface area contributed by atoms with Gasteiger partial charge in [0.25, 0.3) is 5.91 Å². The number of aromatic nitrogens is 1. The molecule has 0 bridgehead atoms. The van der Waals surface area contributed by atoms with Crippen molar-refractivity contribution in [2.45, 2.75) is 6.92 Å². The number of hydrogen-bond acceptors (Lipinski definition) is 3. The summed E-state index contributed by atoms with van der Waals surface area (Å²) in [5, 5.41) is 0.536. The van der Waals surface area contributed by atoms with E-state index in [1.807, 2.05) is 0 Å². The number of carbonyl (C=O) groups is 2. The van der Waals surface area contributed by atoms with Crippen LogP contribution in [0, 0.1) is 5.82 Å². The lowest BCUT2D eigenvalue weighted by Crippen LogP contribution is -2.15. The Bertz CT molecular complexity index is 658. The maximum atomic E-state index is 13.2. The van der Waals surface area contributed by atoms with Crippen LogP contribution in [0.25, 0.3) is 10.9 Å². The first kappa shape index (κ1) is 12.9. The number of rotatable bonds is 2. The van der Waals surface area contributed by atoms with Crippen LogP contribution in [0.3, 0.4) is 0 Å². The van der Waals surface area contributed by atoms with Crippen LogP contribution in [-0.4, -0.2) is 16.7 Å². The predicted octanol–water partition coefficient (Wildman–Crippen LogP) is 2.66. The molecule has 1 N–H and O–H groups in total. The first-order chi connectivity index (χ1) is 8.52. The van der Waals surface area contributed by atoms with Gasteiger partial charge in [-0.3, -0.25) is 13.1 Å². The molecule has 1 heterocycles. The molecule has 0 radical (unpaired) electrons. The molecule has 6 heteroatoms. The number of ketones is 1. The zero-order chi connectivity index (χ0) is 13.3. The van der Waals surface area contributed by atoms with Crippen LogP contribution in [0.1, 0.15) is 27.8 Å². The molecule has 0 saturated carbocycles. The summed E-state index contributed by atoms with van der Waals surface area (Å²) in [5.74, 6) is -1.09. The Morgan fingerprint density at radius 2 is 2.06 bits per heavy atom. The normalized spacial score (nSPS) is 10.4. The van der Waals surface area contributed by atoms with E-state index >= 15 is 0 Å². The molecule has 0 atom stereocenters. The smallest absolute Gasteiger partial charge is 0.278 e. The van der Waals surface area contributed by atoms with Crippen molar-refractivity contribution in [2.24, 2.45) is 0 Å². The maximum Gasteiger partial charge on any atom is 0.278 e. The van der Waals surface area contributed by atoms with Gasteiger partial charge in [0, 0.05) is 17.0 Å². The van der Waals surface area contributed by atoms with E-state index in [-0.39, 0.29) is 17.0 Å². The Labute approximate surface area is 116 Å². The van der Waals surface area contributed by atoms with Gasteiger partial charge in [-0.25, -0.2) is 9.37 Å². The summed E-state index contributed by atoms with van der Waals surface area (Å²) >= 11 is 1.68. The fourth-order valence-corrected chi connectivity index (χ4v) is 1.93. The Balaban J connectivity index is 2.78. The molecule has 2 aromatic rings. The predicted molar refractivity (Wildman–Crippen MR) is 73.2 cm³/mol. The number of fused-ring (bicyclic) bond motifs is 1. The maximum absolute atomic E-state index is 13.2. The molecule has 92 valence electrons. The van der Waals surface area contributed by atoms with Gasteiger partial charge in [-0.15, -0.1) is 0 Å². The molecule has 0 fully saturated rings. The molecule has 4 nitrogen and oxygen atoms in total. The van der Waals surface area contributed by atoms with Crippen LogP contribution in [0.4, 0.5) is 4.39 Å². The third kappa shape index (κ3) is 2.33. The first-order valence-electron chi connectivity index (χ1n) is 5.05. The lowest BCUT2D eigenvalue weighted by molar-refractivity contribution is 0.0985. The standard InChI is InChI=1S/C12H8FIN2O2/c1-6(17)9-5-11(12(18)16-14)15-10-4-7(13)2-3-8(9)10/h2-5H,1H3,(H,16,18). The van der Waals surface area contributed by atoms with Crippen LogP contribution in [0.2, 0.25) is 0 Å². The Hall–Kier alpha value is -1.57. The summed E-state index contributed by atoms with van der Waals surface area (Å²) in [6.45, 7) is 1.39. The molecule has 1 amide bonds. The van der Waals surface area contributed by atoms with Crippen molar-refractivity contribution in [1.82, 2.24) is 8.51 Å². The van der Waals surface area contributed by atoms with Crippen molar-refractivity contribution in [3.63, 3.8) is 0 Å². The van der Waals surface area contributed by atoms with Gasteiger partial charge in [-0.1, -0.05) is 0 Å². The van der Waals surface area contributed by atoms with Gasteiger partial charge in [0.2, 0.25) is 0 Å². The van der Waals surface area contributed by atoms with E-state index in [2.05, 4.69) is 8.51 Å². The van der Waals surface area contributed by atoms with Gasteiger partial charge >= 0.3 is 0 Å². The second-order valence-electron chi connectivity index (χ2n) is 3.70. The van der Waals surface area contributed by atoms with Gasteiger partial charge < -0.3 is 0 Å². The monoisotopic (exact) mass is 358 g/mol. The summed E-state index contributed by atoms with van der Waals surface area (Å²) in [4.78, 5) is 27.1. The van der Waals surface area contributed by atoms with Crippen LogP contribution < -0.4 is 3.53 Å². The SMILES string of the molecule is CC(=O)c1cc(C(=O)NI)nc2cc(F)ccc12. The van der Waals surface area contributed by atoms with E-state index in [9.17, 15) is 14.0 Å². The highest BCUT2D eigenvalue weighted by molar-refractivity contribution is 14.1. The Morgan fingerprint density at radius 3 is 2.67 bits per heavy atom. The van der Waals surface area contributed by atoms with E-state index in [0.29, 0.717) is 10.9 Å². The van der Waals surface area contributed by atoms with Crippen molar-refractivity contribution in [3.8, 4) is 0 Å². The number of nitrogens with zero attached hydrogens (tertiary/aromatic N) is 1. The molecular formula is C12H8FIN2O2. The summed E-state index contributed by atoms with van der Waals surface area (Å²) in [5.41, 5.74) is 0.736. The molecule has 0 aliphatic carbocycles. The molecule has 1 aromatic heterocycles. The number of benzene rings is 1. The Kier molecular flexibility index (Phi) is 3.55. The molecule has 1 aromatic carbocycles. The van der Waals surface area contributed by atoms with Crippen LogP contribution in [-0.2, 0) is 0 Å². The number of Topliss-reactive ketones (excluding diaryl/α,β-unsaturated/α-hetero) is 1. The first-order valence-corrected chi connectivity index (χ1v) is 6.13. The molecule has 0 spiro atoms. The van der Waals surface area contributed by atoms with Gasteiger partial charge in [-0.2, -0.15) is 0 Å². The van der Waals surface area contributed by atoms with Gasteiger partial charge in [0.1, 0.15) is 11.5 Å². The molecule has 0 saturated heterocycles. The van der Waals surface area contributed by atoms with Crippen molar-refractivity contribution < 1.29 is 14.0 Å². The van der Waals surface area contributed by atoms with Crippen LogP contribution >= 0.6 is 22.9 Å². The number of nitrogens with one attached hydrogen (secondary N) is 1. The summed E-state index contributed by atoms with van der Waals surface area (Å²) in [7, 11) is 0. The van der Waals surface area contributed by atoms with Gasteiger partial charge in [0.05, 0.1) is 28.4 Å². The highest BCUT2D eigenvalue weighted by atomic mass is 127. The zero-order valence-electron chi connectivity index (χ0n) is 9.33. The molecule has 2 rings (SSSR count). The number of halogens is 2. The fourth-order valence-electron chi connectivity index (χ4n) is 1.66. The van der Waals surface area contributed by atoms with Crippen molar-refractivity contribution >= 4 is 45.5 Å². The van der Waals surface area contributed by atoms with Crippen LogP contribution in [0.15, 0.2) is 24.3 Å². The topological polar surface area (TPSA) is 59.1 Å². The minimum Gasteiger partial charge on any atom is -0.294 e. The minimum atomic E-state index is -0.462. The number of carbonyl (C=O) groups excluding carboxylic acids is 2. The van der Waals surface area contributed by atoms with Crippen LogP contribution in [0.5, 0.6) is 0 Å². The third-order valence-corrected chi connectivity index (χ3v) is 2.96. The van der Waals surface area contributed by atoms with Crippen molar-refractivity contribution in [2.75, 3.05) is 0 Å². The number of pyridine rings is 1. The summed E-state index contributed by atoms with van der Waals surface area (Å²) in [6, 6.07) is 5.36. The molecule has 0 unspecified atom stereocenters.